The van der Waals surface area contributed by atoms with Crippen molar-refractivity contribution in [1.29, 1.82) is 0 Å². The third-order valence-corrected chi connectivity index (χ3v) is 5.28. The molecule has 2 heteroatoms. The average molecular weight is 331 g/mol. The standard InChI is InChI=1S/C22H42BN/c1-4-7-10-13-17-22-18-16-20-23(19-14-11-8-5-2)24(22)21-15-12-9-6-3/h16,18,20H,4-15,17,19,21H2,1-3H3. The molecule has 0 bridgehead atoms. The van der Waals surface area contributed by atoms with E-state index in [9.17, 15) is 0 Å². The summed E-state index contributed by atoms with van der Waals surface area (Å²) >= 11 is 0. The minimum atomic E-state index is 0.662. The zero-order valence-corrected chi connectivity index (χ0v) is 16.9. The van der Waals surface area contributed by atoms with Gasteiger partial charge in [-0.05, 0) is 31.7 Å². The Hall–Kier alpha value is -0.655. The Kier molecular flexibility index (Phi) is 13.1. The minimum Gasteiger partial charge on any atom is -0.414 e. The fourth-order valence-corrected chi connectivity index (χ4v) is 3.72. The molecule has 0 atom stereocenters. The minimum absolute atomic E-state index is 0.662. The molecule has 0 aromatic carbocycles. The Balaban J connectivity index is 2.50. The Bertz CT molecular complexity index is 348. The van der Waals surface area contributed by atoms with Crippen molar-refractivity contribution in [3.63, 3.8) is 0 Å². The normalized spacial score (nSPS) is 14.4. The monoisotopic (exact) mass is 331 g/mol. The van der Waals surface area contributed by atoms with E-state index < -0.39 is 0 Å². The van der Waals surface area contributed by atoms with Crippen LogP contribution in [0.3, 0.4) is 0 Å². The first-order valence-corrected chi connectivity index (χ1v) is 11.0. The predicted octanol–water partition coefficient (Wildman–Crippen LogP) is 7.40. The maximum absolute atomic E-state index is 2.76. The molecule has 1 heterocycles. The highest BCUT2D eigenvalue weighted by molar-refractivity contribution is 6.62. The molecule has 0 aromatic rings. The summed E-state index contributed by atoms with van der Waals surface area (Å²) in [5.41, 5.74) is 1.62. The van der Waals surface area contributed by atoms with Gasteiger partial charge in [-0.25, -0.2) is 0 Å². The summed E-state index contributed by atoms with van der Waals surface area (Å²) in [5.74, 6) is 2.46. The first-order chi connectivity index (χ1) is 11.8. The van der Waals surface area contributed by atoms with E-state index in [2.05, 4.69) is 43.7 Å². The van der Waals surface area contributed by atoms with Gasteiger partial charge < -0.3 is 4.81 Å². The van der Waals surface area contributed by atoms with E-state index in [-0.39, 0.29) is 0 Å². The summed E-state index contributed by atoms with van der Waals surface area (Å²) in [5, 5.41) is 0. The van der Waals surface area contributed by atoms with Gasteiger partial charge in [0, 0.05) is 12.2 Å². The van der Waals surface area contributed by atoms with Gasteiger partial charge in [0.25, 0.3) is 6.85 Å². The molecule has 0 aromatic heterocycles. The Morgan fingerprint density at radius 1 is 0.750 bits per heavy atom. The molecule has 0 saturated heterocycles. The van der Waals surface area contributed by atoms with Crippen LogP contribution in [0.5, 0.6) is 0 Å². The van der Waals surface area contributed by atoms with Crippen molar-refractivity contribution in [2.24, 2.45) is 0 Å². The molecule has 138 valence electrons. The predicted molar refractivity (Wildman–Crippen MR) is 112 cm³/mol. The van der Waals surface area contributed by atoms with E-state index >= 15 is 0 Å². The van der Waals surface area contributed by atoms with Crippen LogP contribution in [-0.4, -0.2) is 18.2 Å². The molecular weight excluding hydrogens is 289 g/mol. The fraction of sp³-hybridized carbons (Fsp3) is 0.818. The summed E-state index contributed by atoms with van der Waals surface area (Å²) in [6.07, 6.45) is 23.8. The number of unbranched alkanes of at least 4 members (excludes halogenated alkanes) is 9. The number of allylic oxidation sites excluding steroid dienone is 3. The van der Waals surface area contributed by atoms with Gasteiger partial charge in [0.1, 0.15) is 0 Å². The molecule has 0 radical (unpaired) electrons. The van der Waals surface area contributed by atoms with Crippen LogP contribution in [0, 0.1) is 0 Å². The molecule has 0 saturated carbocycles. The summed E-state index contributed by atoms with van der Waals surface area (Å²) in [7, 11) is 0. The van der Waals surface area contributed by atoms with E-state index in [4.69, 9.17) is 0 Å². The molecule has 0 amide bonds. The van der Waals surface area contributed by atoms with Crippen molar-refractivity contribution in [3.8, 4) is 0 Å². The molecule has 0 aliphatic carbocycles. The smallest absolute Gasteiger partial charge is 0.280 e. The number of rotatable bonds is 15. The maximum atomic E-state index is 2.76. The number of nitrogens with zero attached hydrogens (tertiary/aromatic N) is 1. The first kappa shape index (κ1) is 21.4. The molecular formula is C22H42BN. The van der Waals surface area contributed by atoms with Crippen LogP contribution in [0.15, 0.2) is 23.8 Å². The number of hydrogen-bond acceptors (Lipinski definition) is 1. The molecule has 1 nitrogen and oxygen atoms in total. The van der Waals surface area contributed by atoms with Crippen molar-refractivity contribution < 1.29 is 0 Å². The lowest BCUT2D eigenvalue weighted by Gasteiger charge is -2.35. The Labute approximate surface area is 153 Å². The van der Waals surface area contributed by atoms with Crippen molar-refractivity contribution >= 4 is 6.85 Å². The van der Waals surface area contributed by atoms with Crippen LogP contribution >= 0.6 is 0 Å². The summed E-state index contributed by atoms with van der Waals surface area (Å²) in [6.45, 7) is 8.84. The van der Waals surface area contributed by atoms with Gasteiger partial charge in [0.05, 0.1) is 0 Å². The molecule has 0 unspecified atom stereocenters. The Morgan fingerprint density at radius 3 is 2.04 bits per heavy atom. The fourth-order valence-electron chi connectivity index (χ4n) is 3.72. The van der Waals surface area contributed by atoms with Crippen LogP contribution in [0.4, 0.5) is 0 Å². The molecule has 24 heavy (non-hydrogen) atoms. The van der Waals surface area contributed by atoms with Gasteiger partial charge >= 0.3 is 0 Å². The Morgan fingerprint density at radius 2 is 1.38 bits per heavy atom. The second kappa shape index (κ2) is 14.7. The average Bonchev–Trinajstić information content (AvgIpc) is 2.60. The second-order valence-electron chi connectivity index (χ2n) is 7.52. The highest BCUT2D eigenvalue weighted by Crippen LogP contribution is 2.24. The molecule has 0 N–H and O–H groups in total. The lowest BCUT2D eigenvalue weighted by molar-refractivity contribution is 0.461. The molecule has 1 rings (SSSR count). The van der Waals surface area contributed by atoms with Crippen molar-refractivity contribution in [1.82, 2.24) is 4.81 Å². The van der Waals surface area contributed by atoms with Gasteiger partial charge in [-0.2, -0.15) is 0 Å². The largest absolute Gasteiger partial charge is 0.414 e. The second-order valence-corrected chi connectivity index (χ2v) is 7.52. The van der Waals surface area contributed by atoms with Gasteiger partial charge in [0.2, 0.25) is 0 Å². The van der Waals surface area contributed by atoms with Crippen LogP contribution < -0.4 is 0 Å². The van der Waals surface area contributed by atoms with Crippen LogP contribution in [0.25, 0.3) is 0 Å². The third-order valence-electron chi connectivity index (χ3n) is 5.28. The summed E-state index contributed by atoms with van der Waals surface area (Å²) in [6, 6.07) is 0. The van der Waals surface area contributed by atoms with Crippen LogP contribution in [0.2, 0.25) is 6.32 Å². The topological polar surface area (TPSA) is 3.24 Å². The first-order valence-electron chi connectivity index (χ1n) is 11.0. The molecule has 1 aliphatic heterocycles. The van der Waals surface area contributed by atoms with Gasteiger partial charge in [-0.15, -0.1) is 0 Å². The quantitative estimate of drug-likeness (QED) is 0.223. The van der Waals surface area contributed by atoms with Crippen molar-refractivity contribution in [2.75, 3.05) is 6.54 Å². The third kappa shape index (κ3) is 8.99. The molecule has 1 aliphatic rings. The van der Waals surface area contributed by atoms with Crippen LogP contribution in [0.1, 0.15) is 104 Å². The summed E-state index contributed by atoms with van der Waals surface area (Å²) < 4.78 is 0. The zero-order valence-electron chi connectivity index (χ0n) is 16.9. The van der Waals surface area contributed by atoms with Gasteiger partial charge in [0.15, 0.2) is 0 Å². The van der Waals surface area contributed by atoms with Crippen LogP contribution in [-0.2, 0) is 0 Å². The van der Waals surface area contributed by atoms with E-state index in [0.29, 0.717) is 6.85 Å². The van der Waals surface area contributed by atoms with Crippen molar-refractivity contribution in [3.05, 3.63) is 23.8 Å². The highest BCUT2D eigenvalue weighted by atomic mass is 15.1. The van der Waals surface area contributed by atoms with E-state index in [1.165, 1.54) is 96.3 Å². The van der Waals surface area contributed by atoms with E-state index in [0.717, 1.165) is 0 Å². The van der Waals surface area contributed by atoms with Gasteiger partial charge in [-0.3, -0.25) is 0 Å². The maximum Gasteiger partial charge on any atom is 0.280 e. The lowest BCUT2D eigenvalue weighted by Crippen LogP contribution is -2.39. The zero-order chi connectivity index (χ0) is 17.5. The van der Waals surface area contributed by atoms with Crippen molar-refractivity contribution in [2.45, 2.75) is 111 Å². The highest BCUT2D eigenvalue weighted by Gasteiger charge is 2.23. The van der Waals surface area contributed by atoms with E-state index in [1.54, 1.807) is 5.70 Å². The van der Waals surface area contributed by atoms with E-state index in [1.807, 2.05) is 0 Å². The number of hydrogen-bond donors (Lipinski definition) is 0. The molecule has 0 fully saturated rings. The molecule has 0 spiro atoms. The summed E-state index contributed by atoms with van der Waals surface area (Å²) in [4.78, 5) is 2.76. The van der Waals surface area contributed by atoms with Gasteiger partial charge in [-0.1, -0.05) is 97.0 Å². The lowest BCUT2D eigenvalue weighted by atomic mass is 9.54. The SMILES string of the molecule is CCCCCCB1C=CC=C(CCCCCC)N1CCCCCC.